The van der Waals surface area contributed by atoms with Gasteiger partial charge in [-0.25, -0.2) is 14.4 Å². The van der Waals surface area contributed by atoms with Gasteiger partial charge in [-0.3, -0.25) is 0 Å². The zero-order valence-electron chi connectivity index (χ0n) is 17.4. The normalized spacial score (nSPS) is 11.2. The van der Waals surface area contributed by atoms with Crippen molar-refractivity contribution < 1.29 is 22.3 Å². The van der Waals surface area contributed by atoms with Crippen molar-refractivity contribution in [3.63, 3.8) is 0 Å². The van der Waals surface area contributed by atoms with Crippen molar-refractivity contribution in [2.75, 3.05) is 13.1 Å². The summed E-state index contributed by atoms with van der Waals surface area (Å²) in [4.78, 5) is 8.84. The van der Waals surface area contributed by atoms with E-state index in [9.17, 15) is 13.2 Å². The van der Waals surface area contributed by atoms with Gasteiger partial charge in [0.05, 0.1) is 12.2 Å². The first-order chi connectivity index (χ1) is 15.0. The third-order valence-electron chi connectivity index (χ3n) is 4.26. The van der Waals surface area contributed by atoms with Crippen molar-refractivity contribution in [1.82, 2.24) is 15.6 Å². The van der Waals surface area contributed by atoms with Gasteiger partial charge in [0.1, 0.15) is 17.8 Å². The maximum atomic E-state index is 13.0. The number of aliphatic imine (C=N–C) groups is 1. The fraction of sp³-hybridized carbons (Fsp3) is 0.273. The molecule has 0 spiro atoms. The van der Waals surface area contributed by atoms with E-state index < -0.39 is 6.61 Å². The number of ether oxygens (including phenoxy) is 1. The zero-order valence-corrected chi connectivity index (χ0v) is 19.7. The van der Waals surface area contributed by atoms with Crippen LogP contribution in [0.3, 0.4) is 0 Å². The maximum Gasteiger partial charge on any atom is 0.387 e. The van der Waals surface area contributed by atoms with Gasteiger partial charge < -0.3 is 19.8 Å². The highest BCUT2D eigenvalue weighted by atomic mass is 127. The van der Waals surface area contributed by atoms with Crippen LogP contribution in [0.15, 0.2) is 64.2 Å². The fourth-order valence-electron chi connectivity index (χ4n) is 2.81. The number of nitrogens with zero attached hydrogens (tertiary/aromatic N) is 2. The van der Waals surface area contributed by atoms with E-state index in [1.54, 1.807) is 36.6 Å². The fourth-order valence-corrected chi connectivity index (χ4v) is 2.81. The number of aromatic nitrogens is 1. The molecule has 0 atom stereocenters. The van der Waals surface area contributed by atoms with Crippen LogP contribution in [0.4, 0.5) is 13.2 Å². The van der Waals surface area contributed by atoms with Gasteiger partial charge in [0, 0.05) is 30.6 Å². The lowest BCUT2D eigenvalue weighted by molar-refractivity contribution is -0.0504. The molecule has 3 rings (SSSR count). The highest BCUT2D eigenvalue weighted by molar-refractivity contribution is 14.0. The Morgan fingerprint density at radius 2 is 1.88 bits per heavy atom. The van der Waals surface area contributed by atoms with Crippen LogP contribution in [0.1, 0.15) is 18.2 Å². The third kappa shape index (κ3) is 7.74. The van der Waals surface area contributed by atoms with Gasteiger partial charge in [0.25, 0.3) is 0 Å². The number of halogens is 4. The predicted octanol–water partition coefficient (Wildman–Crippen LogP) is 5.00. The predicted molar refractivity (Wildman–Crippen MR) is 127 cm³/mol. The molecule has 0 fully saturated rings. The molecule has 0 saturated carbocycles. The Morgan fingerprint density at radius 3 is 2.59 bits per heavy atom. The summed E-state index contributed by atoms with van der Waals surface area (Å²) in [5.41, 5.74) is 1.99. The molecule has 0 saturated heterocycles. The summed E-state index contributed by atoms with van der Waals surface area (Å²) < 4.78 is 48.2. The number of nitrogens with one attached hydrogen (secondary N) is 2. The van der Waals surface area contributed by atoms with Crippen LogP contribution in [0.25, 0.3) is 11.5 Å². The average molecular weight is 560 g/mol. The Bertz CT molecular complexity index is 997. The Labute approximate surface area is 201 Å². The molecule has 0 unspecified atom stereocenters. The van der Waals surface area contributed by atoms with E-state index in [0.717, 1.165) is 5.69 Å². The number of alkyl halides is 2. The minimum Gasteiger partial charge on any atom is -0.444 e. The lowest BCUT2D eigenvalue weighted by Gasteiger charge is -2.12. The average Bonchev–Trinajstić information content (AvgIpc) is 3.22. The van der Waals surface area contributed by atoms with Crippen LogP contribution in [0, 0.1) is 5.82 Å². The highest BCUT2D eigenvalue weighted by Gasteiger charge is 2.10. The number of guanidine groups is 1. The van der Waals surface area contributed by atoms with E-state index in [1.165, 1.54) is 18.2 Å². The summed E-state index contributed by atoms with van der Waals surface area (Å²) in [6.45, 7) is 0.378. The van der Waals surface area contributed by atoms with E-state index >= 15 is 0 Å². The lowest BCUT2D eigenvalue weighted by atomic mass is 10.2. The summed E-state index contributed by atoms with van der Waals surface area (Å²) in [5.74, 6) is 0.745. The molecular formula is C22H24F3IN4O2. The standard InChI is InChI=1S/C22H23F3N4O2.HI/c1-2-26-22(28-13-16-5-3-4-6-19(16)31-21(24)25)27-12-11-18-14-30-20(29-18)15-7-9-17(23)10-8-15;/h3-10,14,21H,2,11-13H2,1H3,(H2,26,27,28);1H. The number of hydrogen-bond acceptors (Lipinski definition) is 4. The van der Waals surface area contributed by atoms with Crippen molar-refractivity contribution in [3.8, 4) is 17.2 Å². The number of para-hydroxylation sites is 1. The van der Waals surface area contributed by atoms with Crippen LogP contribution >= 0.6 is 24.0 Å². The molecule has 2 N–H and O–H groups in total. The molecule has 172 valence electrons. The molecular weight excluding hydrogens is 536 g/mol. The Hall–Kier alpha value is -2.76. The third-order valence-corrected chi connectivity index (χ3v) is 4.26. The summed E-state index contributed by atoms with van der Waals surface area (Å²) in [6, 6.07) is 12.5. The molecule has 3 aromatic rings. The summed E-state index contributed by atoms with van der Waals surface area (Å²) in [7, 11) is 0. The van der Waals surface area contributed by atoms with E-state index in [2.05, 4.69) is 25.3 Å². The molecule has 10 heteroatoms. The second-order valence-electron chi connectivity index (χ2n) is 6.51. The molecule has 1 heterocycles. The molecule has 0 amide bonds. The topological polar surface area (TPSA) is 71.7 Å². The van der Waals surface area contributed by atoms with E-state index in [1.807, 2.05) is 6.92 Å². The SMILES string of the molecule is CCNC(=NCc1ccccc1OC(F)F)NCCc1coc(-c2ccc(F)cc2)n1.I. The number of rotatable bonds is 9. The highest BCUT2D eigenvalue weighted by Crippen LogP contribution is 2.21. The van der Waals surface area contributed by atoms with Gasteiger partial charge in [0.2, 0.25) is 5.89 Å². The Balaban J connectivity index is 0.00000363. The molecule has 32 heavy (non-hydrogen) atoms. The molecule has 0 radical (unpaired) electrons. The molecule has 0 aliphatic rings. The van der Waals surface area contributed by atoms with Crippen molar-refractivity contribution in [3.05, 3.63) is 71.9 Å². The monoisotopic (exact) mass is 560 g/mol. The van der Waals surface area contributed by atoms with E-state index in [4.69, 9.17) is 4.42 Å². The summed E-state index contributed by atoms with van der Waals surface area (Å²) >= 11 is 0. The number of oxazole rings is 1. The van der Waals surface area contributed by atoms with Gasteiger partial charge >= 0.3 is 6.61 Å². The summed E-state index contributed by atoms with van der Waals surface area (Å²) in [6.07, 6.45) is 2.13. The van der Waals surface area contributed by atoms with Crippen LogP contribution in [0.2, 0.25) is 0 Å². The number of hydrogen-bond donors (Lipinski definition) is 2. The molecule has 0 bridgehead atoms. The number of benzene rings is 2. The first kappa shape index (κ1) is 25.5. The molecule has 6 nitrogen and oxygen atoms in total. The first-order valence-electron chi connectivity index (χ1n) is 9.80. The quantitative estimate of drug-likeness (QED) is 0.219. The first-order valence-corrected chi connectivity index (χ1v) is 9.80. The van der Waals surface area contributed by atoms with Gasteiger partial charge in [-0.05, 0) is 37.3 Å². The van der Waals surface area contributed by atoms with E-state index in [0.29, 0.717) is 42.5 Å². The second kappa shape index (κ2) is 12.9. The maximum absolute atomic E-state index is 13.0. The van der Waals surface area contributed by atoms with Crippen LogP contribution < -0.4 is 15.4 Å². The van der Waals surface area contributed by atoms with Crippen LogP contribution in [0.5, 0.6) is 5.75 Å². The molecule has 0 aliphatic carbocycles. The molecule has 1 aromatic heterocycles. The van der Waals surface area contributed by atoms with Crippen molar-refractivity contribution in [2.45, 2.75) is 26.5 Å². The lowest BCUT2D eigenvalue weighted by Crippen LogP contribution is -2.38. The molecule has 0 aliphatic heterocycles. The van der Waals surface area contributed by atoms with Crippen molar-refractivity contribution in [1.29, 1.82) is 0 Å². The molecule has 2 aromatic carbocycles. The Morgan fingerprint density at radius 1 is 1.12 bits per heavy atom. The van der Waals surface area contributed by atoms with Gasteiger partial charge in [-0.2, -0.15) is 8.78 Å². The van der Waals surface area contributed by atoms with Gasteiger partial charge in [-0.1, -0.05) is 18.2 Å². The van der Waals surface area contributed by atoms with Crippen LogP contribution in [-0.2, 0) is 13.0 Å². The van der Waals surface area contributed by atoms with E-state index in [-0.39, 0.29) is 42.1 Å². The largest absolute Gasteiger partial charge is 0.444 e. The second-order valence-corrected chi connectivity index (χ2v) is 6.51. The van der Waals surface area contributed by atoms with Crippen LogP contribution in [-0.4, -0.2) is 30.6 Å². The van der Waals surface area contributed by atoms with Crippen molar-refractivity contribution in [2.24, 2.45) is 4.99 Å². The minimum atomic E-state index is -2.89. The van der Waals surface area contributed by atoms with Crippen molar-refractivity contribution >= 4 is 29.9 Å². The smallest absolute Gasteiger partial charge is 0.387 e. The van der Waals surface area contributed by atoms with Gasteiger partial charge in [0.15, 0.2) is 5.96 Å². The summed E-state index contributed by atoms with van der Waals surface area (Å²) in [5, 5.41) is 6.28. The van der Waals surface area contributed by atoms with Gasteiger partial charge in [-0.15, -0.1) is 24.0 Å². The minimum absolute atomic E-state index is 0. The zero-order chi connectivity index (χ0) is 22.1. The Kier molecular flexibility index (Phi) is 10.3.